The number of amides is 1. The molecule has 1 amide bonds. The number of nitrogens with zero attached hydrogens (tertiary/aromatic N) is 3. The number of alkyl halides is 3. The van der Waals surface area contributed by atoms with Crippen molar-refractivity contribution in [2.45, 2.75) is 31.5 Å². The summed E-state index contributed by atoms with van der Waals surface area (Å²) in [5.74, 6) is -0.340. The molecule has 1 aliphatic heterocycles. The highest BCUT2D eigenvalue weighted by Gasteiger charge is 2.32. The van der Waals surface area contributed by atoms with E-state index in [4.69, 9.17) is 0 Å². The number of hydrogen-bond donors (Lipinski definition) is 1. The van der Waals surface area contributed by atoms with Crippen LogP contribution < -0.4 is 5.32 Å². The maximum atomic E-state index is 13.2. The number of nitriles is 1. The van der Waals surface area contributed by atoms with Crippen LogP contribution in [0.1, 0.15) is 24.0 Å². The van der Waals surface area contributed by atoms with E-state index in [1.807, 2.05) is 36.5 Å². The van der Waals surface area contributed by atoms with Gasteiger partial charge in [0, 0.05) is 18.7 Å². The summed E-state index contributed by atoms with van der Waals surface area (Å²) in [4.78, 5) is 13.2. The van der Waals surface area contributed by atoms with Crippen LogP contribution in [0.3, 0.4) is 0 Å². The van der Waals surface area contributed by atoms with E-state index in [1.165, 1.54) is 22.2 Å². The van der Waals surface area contributed by atoms with Crippen LogP contribution in [-0.4, -0.2) is 35.1 Å². The Kier molecular flexibility index (Phi) is 6.27. The molecule has 1 aliphatic rings. The number of carbonyl (C=O) groups excluding carboxylic acids is 1. The van der Waals surface area contributed by atoms with Crippen molar-refractivity contribution < 1.29 is 18.0 Å². The first-order valence-electron chi connectivity index (χ1n) is 9.35. The first kappa shape index (κ1) is 20.5. The molecule has 0 radical (unpaired) electrons. The van der Waals surface area contributed by atoms with Gasteiger partial charge in [-0.1, -0.05) is 36.4 Å². The Morgan fingerprint density at radius 1 is 1.10 bits per heavy atom. The quantitative estimate of drug-likeness (QED) is 0.767. The molecule has 1 N–H and O–H groups in total. The fraction of sp³-hybridized carbons (Fsp3) is 0.333. The molecule has 5 nitrogen and oxygen atoms in total. The molecule has 1 fully saturated rings. The SMILES string of the molecule is N#CN1CCCCN1C(=O)C(Cc1ccccc1)Nc1cccc(C(F)(F)F)c1. The fourth-order valence-electron chi connectivity index (χ4n) is 3.31. The summed E-state index contributed by atoms with van der Waals surface area (Å²) in [5, 5.41) is 15.0. The predicted molar refractivity (Wildman–Crippen MR) is 102 cm³/mol. The summed E-state index contributed by atoms with van der Waals surface area (Å²) >= 11 is 0. The van der Waals surface area contributed by atoms with Gasteiger partial charge in [0.2, 0.25) is 0 Å². The van der Waals surface area contributed by atoms with E-state index in [0.717, 1.165) is 30.5 Å². The van der Waals surface area contributed by atoms with Crippen molar-refractivity contribution in [2.24, 2.45) is 0 Å². The summed E-state index contributed by atoms with van der Waals surface area (Å²) in [5.41, 5.74) is 0.283. The second-order valence-electron chi connectivity index (χ2n) is 6.86. The minimum absolute atomic E-state index is 0.203. The summed E-state index contributed by atoms with van der Waals surface area (Å²) in [6.45, 7) is 0.853. The monoisotopic (exact) mass is 402 g/mol. The van der Waals surface area contributed by atoms with E-state index in [0.29, 0.717) is 13.1 Å². The molecule has 1 heterocycles. The third-order valence-electron chi connectivity index (χ3n) is 4.76. The van der Waals surface area contributed by atoms with Crippen molar-refractivity contribution in [3.05, 3.63) is 65.7 Å². The van der Waals surface area contributed by atoms with E-state index >= 15 is 0 Å². The smallest absolute Gasteiger partial charge is 0.373 e. The summed E-state index contributed by atoms with van der Waals surface area (Å²) in [6.07, 6.45) is -0.603. The molecule has 0 spiro atoms. The maximum absolute atomic E-state index is 13.2. The van der Waals surface area contributed by atoms with E-state index in [1.54, 1.807) is 0 Å². The van der Waals surface area contributed by atoms with Crippen LogP contribution >= 0.6 is 0 Å². The number of anilines is 1. The molecule has 0 aromatic heterocycles. The first-order chi connectivity index (χ1) is 13.9. The highest BCUT2D eigenvalue weighted by atomic mass is 19.4. The number of rotatable bonds is 5. The highest BCUT2D eigenvalue weighted by molar-refractivity contribution is 5.85. The van der Waals surface area contributed by atoms with E-state index in [2.05, 4.69) is 5.32 Å². The largest absolute Gasteiger partial charge is 0.416 e. The van der Waals surface area contributed by atoms with Crippen molar-refractivity contribution in [2.75, 3.05) is 18.4 Å². The van der Waals surface area contributed by atoms with Crippen LogP contribution in [0.4, 0.5) is 18.9 Å². The van der Waals surface area contributed by atoms with Crippen LogP contribution in [0, 0.1) is 11.5 Å². The van der Waals surface area contributed by atoms with Crippen molar-refractivity contribution in [3.63, 3.8) is 0 Å². The standard InChI is InChI=1S/C21H21F3N4O/c22-21(23,24)17-9-6-10-18(14-17)26-19(13-16-7-2-1-3-8-16)20(29)28-12-5-4-11-27(28)15-25/h1-3,6-10,14,19,26H,4-5,11-13H2. The summed E-state index contributed by atoms with van der Waals surface area (Å²) in [6, 6.07) is 13.2. The van der Waals surface area contributed by atoms with E-state index in [9.17, 15) is 23.2 Å². The number of benzene rings is 2. The molecule has 1 saturated heterocycles. The number of halogens is 3. The van der Waals surface area contributed by atoms with Gasteiger partial charge in [-0.2, -0.15) is 18.4 Å². The van der Waals surface area contributed by atoms with Crippen molar-refractivity contribution in [3.8, 4) is 6.19 Å². The van der Waals surface area contributed by atoms with E-state index in [-0.39, 0.29) is 18.0 Å². The molecule has 0 bridgehead atoms. The lowest BCUT2D eigenvalue weighted by atomic mass is 10.0. The Hall–Kier alpha value is -3.21. The lowest BCUT2D eigenvalue weighted by Crippen LogP contribution is -2.53. The Morgan fingerprint density at radius 3 is 2.52 bits per heavy atom. The van der Waals surface area contributed by atoms with Gasteiger partial charge in [-0.15, -0.1) is 0 Å². The van der Waals surface area contributed by atoms with E-state index < -0.39 is 17.8 Å². The zero-order valence-electron chi connectivity index (χ0n) is 15.7. The topological polar surface area (TPSA) is 59.4 Å². The molecule has 2 aromatic carbocycles. The van der Waals surface area contributed by atoms with Crippen LogP contribution in [-0.2, 0) is 17.4 Å². The zero-order chi connectivity index (χ0) is 20.9. The minimum atomic E-state index is -4.47. The molecule has 1 atom stereocenters. The van der Waals surface area contributed by atoms with Crippen molar-refractivity contribution in [1.29, 1.82) is 5.26 Å². The Balaban J connectivity index is 1.87. The van der Waals surface area contributed by atoms with Crippen LogP contribution in [0.5, 0.6) is 0 Å². The summed E-state index contributed by atoms with van der Waals surface area (Å²) in [7, 11) is 0. The molecular weight excluding hydrogens is 381 g/mol. The minimum Gasteiger partial charge on any atom is -0.373 e. The predicted octanol–water partition coefficient (Wildman–Crippen LogP) is 4.05. The average Bonchev–Trinajstić information content (AvgIpc) is 2.73. The molecule has 152 valence electrons. The third-order valence-corrected chi connectivity index (χ3v) is 4.76. The van der Waals surface area contributed by atoms with Crippen molar-refractivity contribution in [1.82, 2.24) is 10.0 Å². The number of hydrazine groups is 1. The Labute approximate surface area is 167 Å². The molecular formula is C21H21F3N4O. The molecule has 1 unspecified atom stereocenters. The zero-order valence-corrected chi connectivity index (χ0v) is 15.7. The molecule has 29 heavy (non-hydrogen) atoms. The number of carbonyl (C=O) groups is 1. The normalized spacial score (nSPS) is 15.5. The van der Waals surface area contributed by atoms with Crippen molar-refractivity contribution >= 4 is 11.6 Å². The molecule has 0 saturated carbocycles. The van der Waals surface area contributed by atoms with Gasteiger partial charge in [0.1, 0.15) is 6.04 Å². The summed E-state index contributed by atoms with van der Waals surface area (Å²) < 4.78 is 39.2. The molecule has 0 aliphatic carbocycles. The van der Waals surface area contributed by atoms with Gasteiger partial charge in [-0.05, 0) is 36.6 Å². The van der Waals surface area contributed by atoms with Crippen LogP contribution in [0.15, 0.2) is 54.6 Å². The van der Waals surface area contributed by atoms with Gasteiger partial charge in [0.15, 0.2) is 6.19 Å². The van der Waals surface area contributed by atoms with Gasteiger partial charge in [-0.25, -0.2) is 10.0 Å². The second-order valence-corrected chi connectivity index (χ2v) is 6.86. The number of hydrogen-bond acceptors (Lipinski definition) is 4. The second kappa shape index (κ2) is 8.86. The van der Waals surface area contributed by atoms with Gasteiger partial charge in [0.05, 0.1) is 12.1 Å². The molecule has 3 rings (SSSR count). The lowest BCUT2D eigenvalue weighted by Gasteiger charge is -2.37. The number of nitrogens with one attached hydrogen (secondary N) is 1. The van der Waals surface area contributed by atoms with Gasteiger partial charge >= 0.3 is 6.18 Å². The maximum Gasteiger partial charge on any atom is 0.416 e. The van der Waals surface area contributed by atoms with Crippen LogP contribution in [0.25, 0.3) is 0 Å². The van der Waals surface area contributed by atoms with Gasteiger partial charge < -0.3 is 5.32 Å². The average molecular weight is 402 g/mol. The Bertz CT molecular complexity index is 879. The van der Waals surface area contributed by atoms with Gasteiger partial charge in [0.25, 0.3) is 5.91 Å². The Morgan fingerprint density at radius 2 is 1.83 bits per heavy atom. The van der Waals surface area contributed by atoms with Gasteiger partial charge in [-0.3, -0.25) is 4.79 Å². The third kappa shape index (κ3) is 5.19. The first-order valence-corrected chi connectivity index (χ1v) is 9.35. The lowest BCUT2D eigenvalue weighted by molar-refractivity contribution is -0.147. The highest BCUT2D eigenvalue weighted by Crippen LogP contribution is 2.31. The molecule has 2 aromatic rings. The molecule has 8 heteroatoms. The van der Waals surface area contributed by atoms with Crippen LogP contribution in [0.2, 0.25) is 0 Å². The fourth-order valence-corrected chi connectivity index (χ4v) is 3.31.